The number of hydrogen-bond acceptors (Lipinski definition) is 0. The lowest BCUT2D eigenvalue weighted by molar-refractivity contribution is 1.77. The van der Waals surface area contributed by atoms with E-state index in [1.54, 1.807) is 0 Å². The van der Waals surface area contributed by atoms with Gasteiger partial charge in [-0.2, -0.15) is 0 Å². The molecule has 0 spiro atoms. The highest BCUT2D eigenvalue weighted by atomic mass is 32.1. The first-order valence-corrected chi connectivity index (χ1v) is 9.65. The Kier molecular flexibility index (Phi) is 4.10. The van der Waals surface area contributed by atoms with Crippen LogP contribution in [0.4, 0.5) is 0 Å². The average Bonchev–Trinajstić information content (AvgIpc) is 2.39. The standard InChI is InChI=1S/C14H16P2/c1-15(13-9-5-3-6-10-13)16(2)14-11-7-4-8-12-14/h3-12H,1-2H3. The van der Waals surface area contributed by atoms with E-state index in [4.69, 9.17) is 0 Å². The van der Waals surface area contributed by atoms with Crippen LogP contribution >= 0.6 is 15.2 Å². The highest BCUT2D eigenvalue weighted by molar-refractivity contribution is 8.35. The number of rotatable bonds is 3. The Morgan fingerprint density at radius 2 is 0.875 bits per heavy atom. The summed E-state index contributed by atoms with van der Waals surface area (Å²) in [6.07, 6.45) is 0. The predicted molar refractivity (Wildman–Crippen MR) is 77.8 cm³/mol. The van der Waals surface area contributed by atoms with E-state index in [-0.39, 0.29) is 15.2 Å². The lowest BCUT2D eigenvalue weighted by atomic mass is 10.4. The summed E-state index contributed by atoms with van der Waals surface area (Å²) in [7, 11) is -0.0967. The molecule has 0 aromatic heterocycles. The zero-order valence-electron chi connectivity index (χ0n) is 9.67. The quantitative estimate of drug-likeness (QED) is 0.723. The maximum Gasteiger partial charge on any atom is -0.0196 e. The molecule has 0 N–H and O–H groups in total. The van der Waals surface area contributed by atoms with Crippen LogP contribution in [0.1, 0.15) is 0 Å². The summed E-state index contributed by atoms with van der Waals surface area (Å²) in [4.78, 5) is 0. The highest BCUT2D eigenvalue weighted by Crippen LogP contribution is 2.62. The Hall–Kier alpha value is -0.700. The molecule has 0 nitrogen and oxygen atoms in total. The topological polar surface area (TPSA) is 0 Å². The second-order valence-corrected chi connectivity index (χ2v) is 10.4. The van der Waals surface area contributed by atoms with Crippen LogP contribution in [-0.2, 0) is 0 Å². The molecule has 0 aliphatic rings. The van der Waals surface area contributed by atoms with Crippen molar-refractivity contribution in [1.82, 2.24) is 0 Å². The minimum absolute atomic E-state index is 0.0484. The van der Waals surface area contributed by atoms with Crippen molar-refractivity contribution in [2.24, 2.45) is 0 Å². The summed E-state index contributed by atoms with van der Waals surface area (Å²) in [5.74, 6) is 0. The van der Waals surface area contributed by atoms with Crippen molar-refractivity contribution in [1.29, 1.82) is 0 Å². The predicted octanol–water partition coefficient (Wildman–Crippen LogP) is 3.78. The second-order valence-electron chi connectivity index (χ2n) is 3.72. The van der Waals surface area contributed by atoms with Gasteiger partial charge in [-0.25, -0.2) is 0 Å². The van der Waals surface area contributed by atoms with Gasteiger partial charge in [-0.15, -0.1) is 0 Å². The van der Waals surface area contributed by atoms with Gasteiger partial charge in [0, 0.05) is 0 Å². The molecule has 0 saturated heterocycles. The third kappa shape index (κ3) is 2.70. The minimum Gasteiger partial charge on any atom is -0.0622 e. The third-order valence-corrected chi connectivity index (χ3v) is 9.79. The Labute approximate surface area is 100 Å². The van der Waals surface area contributed by atoms with E-state index in [1.807, 2.05) is 0 Å². The monoisotopic (exact) mass is 246 g/mol. The van der Waals surface area contributed by atoms with Crippen LogP contribution in [0.2, 0.25) is 0 Å². The zero-order chi connectivity index (χ0) is 11.4. The van der Waals surface area contributed by atoms with Crippen molar-refractivity contribution in [2.75, 3.05) is 13.3 Å². The van der Waals surface area contributed by atoms with Crippen molar-refractivity contribution in [2.45, 2.75) is 0 Å². The van der Waals surface area contributed by atoms with E-state index in [9.17, 15) is 0 Å². The van der Waals surface area contributed by atoms with Gasteiger partial charge in [0.1, 0.15) is 0 Å². The van der Waals surface area contributed by atoms with Gasteiger partial charge in [0.05, 0.1) is 0 Å². The molecule has 0 bridgehead atoms. The maximum absolute atomic E-state index is 2.39. The van der Waals surface area contributed by atoms with Crippen LogP contribution in [0.3, 0.4) is 0 Å². The molecule has 2 heteroatoms. The molecular formula is C14H16P2. The second kappa shape index (κ2) is 5.58. The lowest BCUT2D eigenvalue weighted by Crippen LogP contribution is -2.03. The SMILES string of the molecule is CP(c1ccccc1)P(C)c1ccccc1. The van der Waals surface area contributed by atoms with Gasteiger partial charge >= 0.3 is 0 Å². The Balaban J connectivity index is 2.20. The lowest BCUT2D eigenvalue weighted by Gasteiger charge is -2.21. The molecule has 0 amide bonds. The molecule has 2 atom stereocenters. The Bertz CT molecular complexity index is 382. The summed E-state index contributed by atoms with van der Waals surface area (Å²) >= 11 is 0. The molecule has 0 heterocycles. The molecular weight excluding hydrogens is 230 g/mol. The largest absolute Gasteiger partial charge is 0.0622 e. The van der Waals surface area contributed by atoms with Crippen molar-refractivity contribution < 1.29 is 0 Å². The summed E-state index contributed by atoms with van der Waals surface area (Å²) in [6, 6.07) is 21.8. The van der Waals surface area contributed by atoms with Crippen LogP contribution in [0.25, 0.3) is 0 Å². The van der Waals surface area contributed by atoms with Crippen LogP contribution in [0.5, 0.6) is 0 Å². The summed E-state index contributed by atoms with van der Waals surface area (Å²) in [6.45, 7) is 4.78. The number of benzene rings is 2. The fourth-order valence-corrected chi connectivity index (χ4v) is 6.41. The summed E-state index contributed by atoms with van der Waals surface area (Å²) in [5, 5.41) is 3.02. The first-order chi connectivity index (χ1) is 7.79. The van der Waals surface area contributed by atoms with Crippen molar-refractivity contribution in [3.8, 4) is 0 Å². The van der Waals surface area contributed by atoms with Gasteiger partial charge in [-0.3, -0.25) is 0 Å². The molecule has 0 radical (unpaired) electrons. The molecule has 0 aliphatic heterocycles. The molecule has 2 unspecified atom stereocenters. The van der Waals surface area contributed by atoms with Crippen molar-refractivity contribution in [3.63, 3.8) is 0 Å². The van der Waals surface area contributed by atoms with E-state index in [1.165, 1.54) is 10.6 Å². The average molecular weight is 246 g/mol. The Morgan fingerprint density at radius 1 is 0.562 bits per heavy atom. The van der Waals surface area contributed by atoms with E-state index in [0.29, 0.717) is 0 Å². The molecule has 82 valence electrons. The van der Waals surface area contributed by atoms with E-state index in [0.717, 1.165) is 0 Å². The van der Waals surface area contributed by atoms with Crippen LogP contribution in [0.15, 0.2) is 60.7 Å². The maximum atomic E-state index is 2.39. The zero-order valence-corrected chi connectivity index (χ0v) is 11.5. The third-order valence-electron chi connectivity index (χ3n) is 2.71. The molecule has 16 heavy (non-hydrogen) atoms. The summed E-state index contributed by atoms with van der Waals surface area (Å²) < 4.78 is 0. The summed E-state index contributed by atoms with van der Waals surface area (Å²) in [5.41, 5.74) is 0. The first kappa shape index (κ1) is 11.8. The fraction of sp³-hybridized carbons (Fsp3) is 0.143. The van der Waals surface area contributed by atoms with E-state index in [2.05, 4.69) is 74.0 Å². The van der Waals surface area contributed by atoms with E-state index < -0.39 is 0 Å². The molecule has 2 aromatic rings. The van der Waals surface area contributed by atoms with Crippen molar-refractivity contribution >= 4 is 25.8 Å². The van der Waals surface area contributed by atoms with Gasteiger partial charge < -0.3 is 0 Å². The normalized spacial score (nSPS) is 14.4. The molecule has 2 rings (SSSR count). The van der Waals surface area contributed by atoms with Gasteiger partial charge in [-0.05, 0) is 39.2 Å². The van der Waals surface area contributed by atoms with Gasteiger partial charge in [0.25, 0.3) is 0 Å². The molecule has 0 saturated carbocycles. The van der Waals surface area contributed by atoms with Gasteiger partial charge in [-0.1, -0.05) is 60.7 Å². The van der Waals surface area contributed by atoms with Crippen LogP contribution in [0, 0.1) is 0 Å². The van der Waals surface area contributed by atoms with Gasteiger partial charge in [0.2, 0.25) is 0 Å². The Morgan fingerprint density at radius 3 is 1.19 bits per heavy atom. The minimum atomic E-state index is -0.0484. The highest BCUT2D eigenvalue weighted by Gasteiger charge is 2.14. The van der Waals surface area contributed by atoms with Crippen molar-refractivity contribution in [3.05, 3.63) is 60.7 Å². The fourth-order valence-electron chi connectivity index (χ4n) is 1.63. The van der Waals surface area contributed by atoms with Crippen LogP contribution < -0.4 is 10.6 Å². The van der Waals surface area contributed by atoms with E-state index >= 15 is 0 Å². The number of hydrogen-bond donors (Lipinski definition) is 0. The van der Waals surface area contributed by atoms with Crippen LogP contribution in [-0.4, -0.2) is 13.3 Å². The van der Waals surface area contributed by atoms with Gasteiger partial charge in [0.15, 0.2) is 0 Å². The molecule has 0 fully saturated rings. The smallest absolute Gasteiger partial charge is 0.0196 e. The molecule has 2 aromatic carbocycles. The molecule has 0 aliphatic carbocycles. The first-order valence-electron chi connectivity index (χ1n) is 5.36.